The molecule has 45 heavy (non-hydrogen) atoms. The Balaban J connectivity index is 1.16. The number of rotatable bonds is 10. The number of nitrogens with one attached hydrogen (secondary N) is 1. The number of carbonyl (C=O) groups is 2. The molecule has 4 aromatic carbocycles. The number of esters is 1. The number of hydrogen-bond donors (Lipinski definition) is 1. The van der Waals surface area contributed by atoms with Crippen molar-refractivity contribution in [3.63, 3.8) is 0 Å². The molecule has 1 aliphatic rings. The van der Waals surface area contributed by atoms with Crippen LogP contribution in [-0.2, 0) is 17.6 Å². The average molecular weight is 597 g/mol. The van der Waals surface area contributed by atoms with Gasteiger partial charge in [0.2, 0.25) is 5.89 Å². The smallest absolute Gasteiger partial charge is 0.337 e. The summed E-state index contributed by atoms with van der Waals surface area (Å²) in [6.07, 6.45) is 6.85. The fraction of sp³-hybridized carbons (Fsp3) is 0.205. The second-order valence-electron chi connectivity index (χ2n) is 11.3. The molecule has 6 nitrogen and oxygen atoms in total. The van der Waals surface area contributed by atoms with Crippen LogP contribution in [-0.4, -0.2) is 30.5 Å². The van der Waals surface area contributed by atoms with Crippen LogP contribution in [0.4, 0.5) is 0 Å². The number of methoxy groups -OCH3 is 1. The van der Waals surface area contributed by atoms with Crippen LogP contribution in [0.15, 0.2) is 120 Å². The molecule has 226 valence electrons. The highest BCUT2D eigenvalue weighted by Gasteiger charge is 2.26. The Morgan fingerprint density at radius 3 is 2.31 bits per heavy atom. The Bertz CT molecular complexity index is 1730. The highest BCUT2D eigenvalue weighted by molar-refractivity contribution is 5.94. The summed E-state index contributed by atoms with van der Waals surface area (Å²) in [6.45, 7) is 0.494. The Kier molecular flexibility index (Phi) is 9.30. The van der Waals surface area contributed by atoms with E-state index in [9.17, 15) is 9.59 Å². The Hall–Kier alpha value is -5.23. The number of carbonyl (C=O) groups excluding carboxylic acids is 2. The van der Waals surface area contributed by atoms with Crippen LogP contribution >= 0.6 is 0 Å². The number of ether oxygens (including phenoxy) is 1. The Morgan fingerprint density at radius 1 is 0.844 bits per heavy atom. The van der Waals surface area contributed by atoms with Gasteiger partial charge in [0.15, 0.2) is 5.76 Å². The zero-order valence-electron chi connectivity index (χ0n) is 25.4. The molecular formula is C39H36N2O4. The summed E-state index contributed by atoms with van der Waals surface area (Å²) in [5.74, 6) is 1.22. The van der Waals surface area contributed by atoms with E-state index in [-0.39, 0.29) is 17.8 Å². The first-order chi connectivity index (χ1) is 22.1. The lowest BCUT2D eigenvalue weighted by atomic mass is 9.83. The van der Waals surface area contributed by atoms with Gasteiger partial charge in [-0.25, -0.2) is 9.78 Å². The second kappa shape index (κ2) is 14.0. The topological polar surface area (TPSA) is 81.4 Å². The molecule has 1 unspecified atom stereocenters. The minimum atomic E-state index is -0.361. The molecule has 0 radical (unpaired) electrons. The van der Waals surface area contributed by atoms with Gasteiger partial charge in [0.25, 0.3) is 5.91 Å². The minimum Gasteiger partial charge on any atom is -0.465 e. The molecule has 5 aromatic rings. The highest BCUT2D eigenvalue weighted by Crippen LogP contribution is 2.40. The lowest BCUT2D eigenvalue weighted by Gasteiger charge is -2.22. The molecule has 0 bridgehead atoms. The summed E-state index contributed by atoms with van der Waals surface area (Å²) >= 11 is 0. The van der Waals surface area contributed by atoms with E-state index < -0.39 is 0 Å². The van der Waals surface area contributed by atoms with E-state index in [2.05, 4.69) is 41.7 Å². The molecule has 1 aliphatic carbocycles. The standard InChI is InChI=1S/C39H36N2O4/c1-44-39(43)31-21-19-27(20-22-31)23-24-40-37(42)33-17-10-11-28(26-33)25-32-16-8-9-18-34(32)38-41-35(29-12-4-2-5-13-29)36(45-38)30-14-6-3-7-15-30/h2-7,10-15,17-22,26,32H,8-9,16,23-25H2,1H3,(H,40,42). The first-order valence-electron chi connectivity index (χ1n) is 15.5. The maximum absolute atomic E-state index is 13.0. The minimum absolute atomic E-state index is 0.102. The number of nitrogens with zero attached hydrogens (tertiary/aromatic N) is 1. The van der Waals surface area contributed by atoms with E-state index in [1.807, 2.05) is 66.7 Å². The predicted octanol–water partition coefficient (Wildman–Crippen LogP) is 8.19. The number of hydrogen-bond acceptors (Lipinski definition) is 5. The normalized spacial score (nSPS) is 14.4. The first kappa shape index (κ1) is 29.8. The van der Waals surface area contributed by atoms with Gasteiger partial charge in [-0.05, 0) is 73.4 Å². The van der Waals surface area contributed by atoms with Crippen molar-refractivity contribution in [2.45, 2.75) is 32.1 Å². The summed E-state index contributed by atoms with van der Waals surface area (Å²) in [5.41, 5.74) is 7.30. The molecule has 6 heteroatoms. The largest absolute Gasteiger partial charge is 0.465 e. The predicted molar refractivity (Wildman–Crippen MR) is 177 cm³/mol. The monoisotopic (exact) mass is 596 g/mol. The van der Waals surface area contributed by atoms with Gasteiger partial charge in [-0.3, -0.25) is 4.79 Å². The van der Waals surface area contributed by atoms with Crippen LogP contribution in [0.25, 0.3) is 28.2 Å². The van der Waals surface area contributed by atoms with Gasteiger partial charge in [0.1, 0.15) is 5.69 Å². The van der Waals surface area contributed by atoms with Crippen LogP contribution in [0, 0.1) is 5.92 Å². The third-order valence-electron chi connectivity index (χ3n) is 8.26. The van der Waals surface area contributed by atoms with Crippen molar-refractivity contribution in [2.24, 2.45) is 5.92 Å². The van der Waals surface area contributed by atoms with Gasteiger partial charge in [0, 0.05) is 28.8 Å². The molecule has 6 rings (SSSR count). The summed E-state index contributed by atoms with van der Waals surface area (Å²) in [6, 6.07) is 35.5. The maximum atomic E-state index is 13.0. The van der Waals surface area contributed by atoms with Crippen molar-refractivity contribution in [3.05, 3.63) is 143 Å². The van der Waals surface area contributed by atoms with Gasteiger partial charge in [0.05, 0.1) is 12.7 Å². The highest BCUT2D eigenvalue weighted by atomic mass is 16.5. The molecule has 1 amide bonds. The van der Waals surface area contributed by atoms with E-state index in [0.29, 0.717) is 30.0 Å². The zero-order chi connectivity index (χ0) is 31.0. The van der Waals surface area contributed by atoms with Crippen molar-refractivity contribution < 1.29 is 18.7 Å². The van der Waals surface area contributed by atoms with Crippen molar-refractivity contribution in [2.75, 3.05) is 13.7 Å². The summed E-state index contributed by atoms with van der Waals surface area (Å²) in [4.78, 5) is 29.8. The molecule has 1 heterocycles. The molecule has 0 saturated heterocycles. The third kappa shape index (κ3) is 7.13. The lowest BCUT2D eigenvalue weighted by Crippen LogP contribution is -2.25. The van der Waals surface area contributed by atoms with E-state index in [4.69, 9.17) is 14.1 Å². The molecule has 0 spiro atoms. The van der Waals surface area contributed by atoms with Crippen molar-refractivity contribution in [3.8, 4) is 22.6 Å². The van der Waals surface area contributed by atoms with Crippen LogP contribution in [0.1, 0.15) is 57.0 Å². The van der Waals surface area contributed by atoms with Crippen LogP contribution in [0.2, 0.25) is 0 Å². The number of benzene rings is 4. The molecule has 1 aromatic heterocycles. The number of amides is 1. The molecule has 0 fully saturated rings. The summed E-state index contributed by atoms with van der Waals surface area (Å²) in [5, 5.41) is 3.03. The fourth-order valence-corrected chi connectivity index (χ4v) is 5.91. The zero-order valence-corrected chi connectivity index (χ0v) is 25.4. The first-order valence-corrected chi connectivity index (χ1v) is 15.5. The molecule has 0 saturated carbocycles. The molecule has 0 aliphatic heterocycles. The summed E-state index contributed by atoms with van der Waals surface area (Å²) < 4.78 is 11.3. The van der Waals surface area contributed by atoms with Crippen molar-refractivity contribution in [1.29, 1.82) is 0 Å². The summed E-state index contributed by atoms with van der Waals surface area (Å²) in [7, 11) is 1.37. The van der Waals surface area contributed by atoms with Crippen LogP contribution < -0.4 is 5.32 Å². The van der Waals surface area contributed by atoms with Crippen LogP contribution in [0.5, 0.6) is 0 Å². The van der Waals surface area contributed by atoms with Gasteiger partial charge in [-0.15, -0.1) is 0 Å². The molecule has 1 atom stereocenters. The quantitative estimate of drug-likeness (QED) is 0.164. The molecule has 1 N–H and O–H groups in total. The lowest BCUT2D eigenvalue weighted by molar-refractivity contribution is 0.0600. The van der Waals surface area contributed by atoms with Gasteiger partial charge in [-0.1, -0.05) is 91.0 Å². The SMILES string of the molecule is COC(=O)c1ccc(CCNC(=O)c2cccc(CC3CCCC=C3c3nc(-c4ccccc4)c(-c4ccccc4)o3)c2)cc1. The van der Waals surface area contributed by atoms with E-state index in [1.54, 1.807) is 12.1 Å². The maximum Gasteiger partial charge on any atom is 0.337 e. The number of allylic oxidation sites excluding steroid dienone is 2. The number of aromatic nitrogens is 1. The number of oxazole rings is 1. The Morgan fingerprint density at radius 2 is 1.58 bits per heavy atom. The fourth-order valence-electron chi connectivity index (χ4n) is 5.91. The van der Waals surface area contributed by atoms with E-state index in [1.165, 1.54) is 7.11 Å². The van der Waals surface area contributed by atoms with Crippen molar-refractivity contribution in [1.82, 2.24) is 10.3 Å². The Labute approximate surface area is 263 Å². The van der Waals surface area contributed by atoms with E-state index in [0.717, 1.165) is 65.0 Å². The van der Waals surface area contributed by atoms with Gasteiger partial charge < -0.3 is 14.5 Å². The van der Waals surface area contributed by atoms with Crippen LogP contribution in [0.3, 0.4) is 0 Å². The van der Waals surface area contributed by atoms with Crippen molar-refractivity contribution >= 4 is 17.4 Å². The second-order valence-corrected chi connectivity index (χ2v) is 11.3. The third-order valence-corrected chi connectivity index (χ3v) is 8.26. The van der Waals surface area contributed by atoms with E-state index >= 15 is 0 Å². The average Bonchev–Trinajstić information content (AvgIpc) is 3.55. The van der Waals surface area contributed by atoms with Gasteiger partial charge in [-0.2, -0.15) is 0 Å². The molecular weight excluding hydrogens is 560 g/mol. The van der Waals surface area contributed by atoms with Gasteiger partial charge >= 0.3 is 5.97 Å².